The summed E-state index contributed by atoms with van der Waals surface area (Å²) in [5, 5.41) is 0. The first-order chi connectivity index (χ1) is 20.3. The Morgan fingerprint density at radius 2 is 1.69 bits per heavy atom. The molecule has 0 bridgehead atoms. The standard InChI is InChI=1S/C37H39N3O2/c1-22(41)42-31-16-15-27-26-14-13-25-21-24(17-19-36(25,2)28(26)18-20-37(27,31)3)32-33(23-9-5-4-6-10-23)40-35-34(32)38-29-11-7-8-12-30(29)39-35/h4-13,21,26-28,31H,14-20H2,1-3H3,(H,39,40)/t26-,27-,28-,31-,36-,37-/m0/s1. The number of hydrogen-bond acceptors (Lipinski definition) is 4. The van der Waals surface area contributed by atoms with Gasteiger partial charge in [-0.3, -0.25) is 4.79 Å². The molecule has 0 saturated heterocycles. The Bertz CT molecular complexity index is 1780. The minimum atomic E-state index is -0.128. The highest BCUT2D eigenvalue weighted by atomic mass is 16.5. The second-order valence-electron chi connectivity index (χ2n) is 13.7. The van der Waals surface area contributed by atoms with Gasteiger partial charge < -0.3 is 9.72 Å². The van der Waals surface area contributed by atoms with E-state index in [2.05, 4.69) is 67.4 Å². The molecule has 0 unspecified atom stereocenters. The molecule has 4 aliphatic carbocycles. The molecule has 214 valence electrons. The molecule has 42 heavy (non-hydrogen) atoms. The highest BCUT2D eigenvalue weighted by Gasteiger charge is 2.59. The number of H-pyrrole nitrogens is 1. The number of aromatic nitrogens is 3. The number of ether oxygens (including phenoxy) is 1. The van der Waals surface area contributed by atoms with Crippen LogP contribution >= 0.6 is 0 Å². The summed E-state index contributed by atoms with van der Waals surface area (Å²) in [6.07, 6.45) is 13.0. The third-order valence-electron chi connectivity index (χ3n) is 11.7. The zero-order chi connectivity index (χ0) is 28.6. The molecule has 6 atom stereocenters. The number of esters is 1. The molecule has 2 aromatic carbocycles. The van der Waals surface area contributed by atoms with Crippen molar-refractivity contribution in [3.8, 4) is 11.3 Å². The van der Waals surface area contributed by atoms with Gasteiger partial charge in [0.1, 0.15) is 11.6 Å². The lowest BCUT2D eigenvalue weighted by Gasteiger charge is -2.56. The van der Waals surface area contributed by atoms with Gasteiger partial charge in [0.2, 0.25) is 0 Å². The lowest BCUT2D eigenvalue weighted by atomic mass is 9.48. The third kappa shape index (κ3) is 3.78. The SMILES string of the molecule is CC(=O)O[C@H]1CC[C@H]2[C@@H]3CC=C4C=C(c5c(-c6ccccc6)[nH]c6nc7ccccc7nc56)CC[C@]4(C)[C@H]3CC[C@]12C. The first-order valence-electron chi connectivity index (χ1n) is 15.8. The second-order valence-corrected chi connectivity index (χ2v) is 13.7. The minimum absolute atomic E-state index is 0.0763. The van der Waals surface area contributed by atoms with Gasteiger partial charge in [0.15, 0.2) is 5.65 Å². The summed E-state index contributed by atoms with van der Waals surface area (Å²) in [4.78, 5) is 25.7. The third-order valence-corrected chi connectivity index (χ3v) is 11.7. The number of fused-ring (bicyclic) bond motifs is 7. The summed E-state index contributed by atoms with van der Waals surface area (Å²) in [6.45, 7) is 6.50. The second kappa shape index (κ2) is 9.39. The van der Waals surface area contributed by atoms with Crippen molar-refractivity contribution in [3.63, 3.8) is 0 Å². The first-order valence-corrected chi connectivity index (χ1v) is 15.8. The molecule has 2 heterocycles. The monoisotopic (exact) mass is 557 g/mol. The van der Waals surface area contributed by atoms with Crippen LogP contribution in [0.1, 0.15) is 71.3 Å². The van der Waals surface area contributed by atoms with E-state index in [0.717, 1.165) is 60.0 Å². The van der Waals surface area contributed by atoms with E-state index in [1.54, 1.807) is 6.92 Å². The molecule has 2 fully saturated rings. The Morgan fingerprint density at radius 1 is 0.929 bits per heavy atom. The highest BCUT2D eigenvalue weighted by molar-refractivity contribution is 6.00. The number of hydrogen-bond donors (Lipinski definition) is 1. The summed E-state index contributed by atoms with van der Waals surface area (Å²) in [5.41, 5.74) is 10.3. The van der Waals surface area contributed by atoms with Crippen LogP contribution in [-0.2, 0) is 9.53 Å². The fourth-order valence-electron chi connectivity index (χ4n) is 9.56. The topological polar surface area (TPSA) is 67.9 Å². The Labute approximate surface area is 247 Å². The van der Waals surface area contributed by atoms with E-state index < -0.39 is 0 Å². The van der Waals surface area contributed by atoms with Crippen LogP contribution in [0.2, 0.25) is 0 Å². The smallest absolute Gasteiger partial charge is 0.302 e. The van der Waals surface area contributed by atoms with Crippen molar-refractivity contribution in [2.24, 2.45) is 28.6 Å². The van der Waals surface area contributed by atoms with Crippen molar-refractivity contribution in [3.05, 3.63) is 77.9 Å². The van der Waals surface area contributed by atoms with Crippen LogP contribution < -0.4 is 0 Å². The number of benzene rings is 2. The quantitative estimate of drug-likeness (QED) is 0.256. The molecule has 1 N–H and O–H groups in total. The number of nitrogens with zero attached hydrogens (tertiary/aromatic N) is 2. The number of allylic oxidation sites excluding steroid dienone is 4. The molecule has 2 saturated carbocycles. The largest absolute Gasteiger partial charge is 0.462 e. The molecular weight excluding hydrogens is 518 g/mol. The fourth-order valence-corrected chi connectivity index (χ4v) is 9.56. The molecule has 4 aliphatic rings. The Morgan fingerprint density at radius 3 is 2.48 bits per heavy atom. The number of aromatic amines is 1. The van der Waals surface area contributed by atoms with Crippen LogP contribution in [-0.4, -0.2) is 27.0 Å². The molecular formula is C37H39N3O2. The van der Waals surface area contributed by atoms with Crippen LogP contribution in [0.25, 0.3) is 39.0 Å². The van der Waals surface area contributed by atoms with Crippen molar-refractivity contribution >= 4 is 33.7 Å². The summed E-state index contributed by atoms with van der Waals surface area (Å²) in [6, 6.07) is 18.8. The lowest BCUT2D eigenvalue weighted by molar-refractivity contribution is -0.156. The van der Waals surface area contributed by atoms with Gasteiger partial charge in [-0.15, -0.1) is 0 Å². The van der Waals surface area contributed by atoms with Gasteiger partial charge in [-0.25, -0.2) is 9.97 Å². The van der Waals surface area contributed by atoms with E-state index in [9.17, 15) is 4.79 Å². The molecule has 0 radical (unpaired) electrons. The number of carbonyl (C=O) groups is 1. The maximum absolute atomic E-state index is 11.9. The molecule has 4 aromatic rings. The summed E-state index contributed by atoms with van der Waals surface area (Å²) >= 11 is 0. The Balaban J connectivity index is 1.21. The summed E-state index contributed by atoms with van der Waals surface area (Å²) in [7, 11) is 0. The van der Waals surface area contributed by atoms with Crippen molar-refractivity contribution < 1.29 is 9.53 Å². The number of rotatable bonds is 3. The van der Waals surface area contributed by atoms with Crippen LogP contribution in [0.15, 0.2) is 72.3 Å². The van der Waals surface area contributed by atoms with Crippen molar-refractivity contribution in [1.82, 2.24) is 15.0 Å². The highest BCUT2D eigenvalue weighted by Crippen LogP contribution is 2.65. The predicted octanol–water partition coefficient (Wildman–Crippen LogP) is 8.67. The van der Waals surface area contributed by atoms with E-state index in [0.29, 0.717) is 17.8 Å². The van der Waals surface area contributed by atoms with Gasteiger partial charge in [-0.1, -0.05) is 68.5 Å². The zero-order valence-electron chi connectivity index (χ0n) is 24.8. The van der Waals surface area contributed by atoms with E-state index in [1.807, 2.05) is 18.2 Å². The van der Waals surface area contributed by atoms with Crippen LogP contribution in [0.5, 0.6) is 0 Å². The van der Waals surface area contributed by atoms with Crippen molar-refractivity contribution in [2.75, 3.05) is 0 Å². The van der Waals surface area contributed by atoms with Gasteiger partial charge in [-0.2, -0.15) is 0 Å². The average molecular weight is 558 g/mol. The van der Waals surface area contributed by atoms with Crippen LogP contribution in [0.4, 0.5) is 0 Å². The number of para-hydroxylation sites is 2. The van der Waals surface area contributed by atoms with Crippen LogP contribution in [0.3, 0.4) is 0 Å². The Hall–Kier alpha value is -3.73. The molecule has 0 amide bonds. The van der Waals surface area contributed by atoms with Gasteiger partial charge in [0, 0.05) is 17.9 Å². The fraction of sp³-hybridized carbons (Fsp3) is 0.432. The van der Waals surface area contributed by atoms with E-state index in [4.69, 9.17) is 14.7 Å². The van der Waals surface area contributed by atoms with Gasteiger partial charge in [0.25, 0.3) is 0 Å². The zero-order valence-corrected chi connectivity index (χ0v) is 24.8. The average Bonchev–Trinajstić information content (AvgIpc) is 3.53. The van der Waals surface area contributed by atoms with Gasteiger partial charge in [-0.05, 0) is 97.0 Å². The summed E-state index contributed by atoms with van der Waals surface area (Å²) in [5.74, 6) is 1.84. The van der Waals surface area contributed by atoms with E-state index >= 15 is 0 Å². The number of carbonyl (C=O) groups excluding carboxylic acids is 1. The number of nitrogens with one attached hydrogen (secondary N) is 1. The maximum atomic E-state index is 11.9. The van der Waals surface area contributed by atoms with Gasteiger partial charge >= 0.3 is 5.97 Å². The predicted molar refractivity (Wildman–Crippen MR) is 167 cm³/mol. The molecule has 2 aromatic heterocycles. The van der Waals surface area contributed by atoms with Crippen molar-refractivity contribution in [1.29, 1.82) is 0 Å². The van der Waals surface area contributed by atoms with Crippen LogP contribution in [0, 0.1) is 28.6 Å². The van der Waals surface area contributed by atoms with E-state index in [-0.39, 0.29) is 22.9 Å². The molecule has 8 rings (SSSR count). The van der Waals surface area contributed by atoms with Gasteiger partial charge in [0.05, 0.1) is 16.7 Å². The molecule has 0 aliphatic heterocycles. The lowest BCUT2D eigenvalue weighted by Crippen LogP contribution is -2.50. The molecule has 5 heteroatoms. The van der Waals surface area contributed by atoms with Crippen molar-refractivity contribution in [2.45, 2.75) is 71.8 Å². The normalized spacial score (nSPS) is 32.1. The summed E-state index contributed by atoms with van der Waals surface area (Å²) < 4.78 is 5.88. The molecule has 5 nitrogen and oxygen atoms in total. The maximum Gasteiger partial charge on any atom is 0.302 e. The van der Waals surface area contributed by atoms with E-state index in [1.165, 1.54) is 35.1 Å². The first kappa shape index (κ1) is 25.9. The molecule has 0 spiro atoms. The Kier molecular flexibility index (Phi) is 5.80. The minimum Gasteiger partial charge on any atom is -0.462 e.